The lowest BCUT2D eigenvalue weighted by Gasteiger charge is -2.33. The Kier molecular flexibility index (Phi) is 6.58. The number of carbonyl (C=O) groups is 1. The second-order valence-corrected chi connectivity index (χ2v) is 9.67. The number of rotatable bonds is 8. The highest BCUT2D eigenvalue weighted by Gasteiger charge is 2.26. The highest BCUT2D eigenvalue weighted by atomic mass is 32.2. The van der Waals surface area contributed by atoms with Gasteiger partial charge in [-0.1, -0.05) is 24.6 Å². The van der Waals surface area contributed by atoms with E-state index in [9.17, 15) is 13.2 Å². The number of piperidine rings is 1. The van der Waals surface area contributed by atoms with Crippen LogP contribution in [-0.2, 0) is 15.6 Å². The third kappa shape index (κ3) is 5.26. The first-order valence-electron chi connectivity index (χ1n) is 10.4. The summed E-state index contributed by atoms with van der Waals surface area (Å²) in [5.41, 5.74) is 0. The molecule has 1 N–H and O–H groups in total. The molecule has 3 aromatic rings. The monoisotopic (exact) mass is 442 g/mol. The minimum absolute atomic E-state index is 0.0489. The lowest BCUT2D eigenvalue weighted by atomic mass is 10.1. The second-order valence-electron chi connectivity index (χ2n) is 7.68. The summed E-state index contributed by atoms with van der Waals surface area (Å²) in [5, 5.41) is 2.91. The quantitative estimate of drug-likeness (QED) is 0.570. The molecule has 1 aliphatic rings. The number of nitrogens with zero attached hydrogens (tertiary/aromatic N) is 1. The van der Waals surface area contributed by atoms with Crippen LogP contribution in [-0.4, -0.2) is 38.9 Å². The lowest BCUT2D eigenvalue weighted by Crippen LogP contribution is -2.40. The minimum atomic E-state index is -3.54. The van der Waals surface area contributed by atoms with Crippen LogP contribution in [0.5, 0.6) is 0 Å². The number of nitrogens with one attached hydrogen (secondary N) is 1. The summed E-state index contributed by atoms with van der Waals surface area (Å²) in [5.74, 6) is 0.462. The largest absolute Gasteiger partial charge is 0.468 e. The van der Waals surface area contributed by atoms with Crippen molar-refractivity contribution in [2.24, 2.45) is 0 Å². The summed E-state index contributed by atoms with van der Waals surface area (Å²) in [4.78, 5) is 15.2. The van der Waals surface area contributed by atoms with Gasteiger partial charge in [-0.05, 0) is 62.3 Å². The van der Waals surface area contributed by atoms with Gasteiger partial charge in [0.2, 0.25) is 0 Å². The highest BCUT2D eigenvalue weighted by molar-refractivity contribution is 7.90. The molecule has 0 spiro atoms. The fourth-order valence-electron chi connectivity index (χ4n) is 3.87. The molecule has 1 atom stereocenters. The maximum Gasteiger partial charge on any atom is 0.287 e. The number of furan rings is 2. The Morgan fingerprint density at radius 3 is 2.48 bits per heavy atom. The van der Waals surface area contributed by atoms with Gasteiger partial charge in [0.05, 0.1) is 17.2 Å². The molecule has 1 aromatic carbocycles. The van der Waals surface area contributed by atoms with Crippen LogP contribution >= 0.6 is 0 Å². The molecule has 0 bridgehead atoms. The molecule has 164 valence electrons. The predicted molar refractivity (Wildman–Crippen MR) is 115 cm³/mol. The molecule has 0 radical (unpaired) electrons. The van der Waals surface area contributed by atoms with Crippen molar-refractivity contribution in [3.63, 3.8) is 0 Å². The van der Waals surface area contributed by atoms with Gasteiger partial charge in [0.15, 0.2) is 15.6 Å². The summed E-state index contributed by atoms with van der Waals surface area (Å²) < 4.78 is 36.2. The number of sulfone groups is 1. The Morgan fingerprint density at radius 2 is 1.77 bits per heavy atom. The Labute approximate surface area is 182 Å². The maximum absolute atomic E-state index is 12.6. The first kappa shape index (κ1) is 21.4. The fourth-order valence-corrected chi connectivity index (χ4v) is 5.14. The molecule has 1 aliphatic heterocycles. The van der Waals surface area contributed by atoms with E-state index in [0.717, 1.165) is 31.7 Å². The highest BCUT2D eigenvalue weighted by Crippen LogP contribution is 2.25. The molecule has 8 heteroatoms. The number of carbonyl (C=O) groups excluding carboxylic acids is 1. The van der Waals surface area contributed by atoms with Crippen LogP contribution in [0.3, 0.4) is 0 Å². The number of hydrogen-bond acceptors (Lipinski definition) is 6. The van der Waals surface area contributed by atoms with Crippen LogP contribution in [0.15, 0.2) is 74.6 Å². The van der Waals surface area contributed by atoms with E-state index >= 15 is 0 Å². The van der Waals surface area contributed by atoms with Gasteiger partial charge in [-0.3, -0.25) is 9.69 Å². The maximum atomic E-state index is 12.6. The van der Waals surface area contributed by atoms with Crippen LogP contribution < -0.4 is 5.32 Å². The van der Waals surface area contributed by atoms with E-state index in [4.69, 9.17) is 8.83 Å². The molecule has 0 aliphatic carbocycles. The van der Waals surface area contributed by atoms with E-state index in [1.54, 1.807) is 36.6 Å². The van der Waals surface area contributed by atoms with E-state index in [1.807, 2.05) is 12.1 Å². The van der Waals surface area contributed by atoms with Crippen molar-refractivity contribution in [2.45, 2.75) is 36.0 Å². The van der Waals surface area contributed by atoms with Crippen LogP contribution in [0.25, 0.3) is 0 Å². The fraction of sp³-hybridized carbons (Fsp3) is 0.348. The Bertz CT molecular complexity index is 1080. The summed E-state index contributed by atoms with van der Waals surface area (Å²) in [6, 6.07) is 14.9. The van der Waals surface area contributed by atoms with E-state index in [0.29, 0.717) is 6.54 Å². The first-order valence-corrected chi connectivity index (χ1v) is 12.1. The van der Waals surface area contributed by atoms with Crippen molar-refractivity contribution < 1.29 is 22.0 Å². The SMILES string of the molecule is O=C(NCC(c1ccco1)N1CCCCC1)c1ccc(CS(=O)(=O)c2ccccc2)o1. The third-order valence-electron chi connectivity index (χ3n) is 5.48. The van der Waals surface area contributed by atoms with E-state index in [-0.39, 0.29) is 34.1 Å². The Hall–Kier alpha value is -2.84. The van der Waals surface area contributed by atoms with Gasteiger partial charge in [0.1, 0.15) is 17.3 Å². The van der Waals surface area contributed by atoms with Crippen molar-refractivity contribution in [1.82, 2.24) is 10.2 Å². The average molecular weight is 443 g/mol. The molecule has 7 nitrogen and oxygen atoms in total. The van der Waals surface area contributed by atoms with Crippen molar-refractivity contribution in [1.29, 1.82) is 0 Å². The third-order valence-corrected chi connectivity index (χ3v) is 7.13. The molecular formula is C23H26N2O5S. The van der Waals surface area contributed by atoms with Crippen molar-refractivity contribution in [3.8, 4) is 0 Å². The molecule has 2 aromatic heterocycles. The van der Waals surface area contributed by atoms with Gasteiger partial charge in [-0.25, -0.2) is 8.42 Å². The predicted octanol–water partition coefficient (Wildman–Crippen LogP) is 3.80. The molecule has 1 unspecified atom stereocenters. The van der Waals surface area contributed by atoms with Gasteiger partial charge in [-0.2, -0.15) is 0 Å². The summed E-state index contributed by atoms with van der Waals surface area (Å²) in [6.07, 6.45) is 5.11. The summed E-state index contributed by atoms with van der Waals surface area (Å²) in [6.45, 7) is 2.30. The smallest absolute Gasteiger partial charge is 0.287 e. The molecule has 1 saturated heterocycles. The van der Waals surface area contributed by atoms with Gasteiger partial charge < -0.3 is 14.2 Å². The van der Waals surface area contributed by atoms with Gasteiger partial charge in [0.25, 0.3) is 5.91 Å². The average Bonchev–Trinajstić information content (AvgIpc) is 3.48. The van der Waals surface area contributed by atoms with E-state index in [2.05, 4.69) is 10.2 Å². The molecule has 4 rings (SSSR count). The van der Waals surface area contributed by atoms with Crippen LogP contribution in [0.2, 0.25) is 0 Å². The molecular weight excluding hydrogens is 416 g/mol. The molecule has 3 heterocycles. The first-order chi connectivity index (χ1) is 15.0. The van der Waals surface area contributed by atoms with Gasteiger partial charge in [0, 0.05) is 6.54 Å². The topological polar surface area (TPSA) is 92.8 Å². The number of likely N-dealkylation sites (tertiary alicyclic amines) is 1. The summed E-state index contributed by atoms with van der Waals surface area (Å²) >= 11 is 0. The molecule has 1 amide bonds. The van der Waals surface area contributed by atoms with Crippen LogP contribution in [0.4, 0.5) is 0 Å². The zero-order chi connectivity index (χ0) is 21.7. The van der Waals surface area contributed by atoms with Gasteiger partial charge in [-0.15, -0.1) is 0 Å². The zero-order valence-corrected chi connectivity index (χ0v) is 18.0. The normalized spacial score (nSPS) is 16.1. The van der Waals surface area contributed by atoms with Crippen molar-refractivity contribution in [3.05, 3.63) is 78.1 Å². The van der Waals surface area contributed by atoms with Crippen molar-refractivity contribution >= 4 is 15.7 Å². The van der Waals surface area contributed by atoms with Crippen LogP contribution in [0.1, 0.15) is 47.4 Å². The van der Waals surface area contributed by atoms with Crippen molar-refractivity contribution in [2.75, 3.05) is 19.6 Å². The van der Waals surface area contributed by atoms with E-state index < -0.39 is 9.84 Å². The number of benzene rings is 1. The number of amides is 1. The minimum Gasteiger partial charge on any atom is -0.468 e. The van der Waals surface area contributed by atoms with Crippen LogP contribution in [0, 0.1) is 0 Å². The van der Waals surface area contributed by atoms with Gasteiger partial charge >= 0.3 is 0 Å². The molecule has 0 saturated carbocycles. The van der Waals surface area contributed by atoms with E-state index in [1.165, 1.54) is 18.6 Å². The second kappa shape index (κ2) is 9.53. The molecule has 1 fully saturated rings. The Morgan fingerprint density at radius 1 is 1.00 bits per heavy atom. The standard InChI is InChI=1S/C23H26N2O5S/c26-23(24-16-20(21-10-7-15-29-21)25-13-5-2-6-14-25)22-12-11-18(30-22)17-31(27,28)19-8-3-1-4-9-19/h1,3-4,7-12,15,20H,2,5-6,13-14,16-17H2,(H,24,26). The zero-order valence-electron chi connectivity index (χ0n) is 17.2. The Balaban J connectivity index is 1.40. The lowest BCUT2D eigenvalue weighted by molar-refractivity contribution is 0.0886. The molecule has 31 heavy (non-hydrogen) atoms. The number of hydrogen-bond donors (Lipinski definition) is 1. The summed E-state index contributed by atoms with van der Waals surface area (Å²) in [7, 11) is -3.54.